The summed E-state index contributed by atoms with van der Waals surface area (Å²) in [5.41, 5.74) is 7.08. The average molecular weight is 248 g/mol. The molecule has 0 saturated carbocycles. The van der Waals surface area contributed by atoms with E-state index in [1.165, 1.54) is 19.4 Å². The number of hydrogen-bond acceptors (Lipinski definition) is 7. The van der Waals surface area contributed by atoms with Crippen LogP contribution in [0, 0.1) is 0 Å². The molecule has 2 aromatic heterocycles. The molecule has 0 saturated heterocycles. The van der Waals surface area contributed by atoms with Crippen LogP contribution >= 0.6 is 0 Å². The topological polar surface area (TPSA) is 103 Å². The molecule has 0 radical (unpaired) electrons. The molecule has 0 amide bonds. The highest BCUT2D eigenvalue weighted by atomic mass is 16.5. The fraction of sp³-hybridized carbons (Fsp3) is 0.182. The molecule has 2 rings (SSSR count). The number of rotatable bonds is 4. The van der Waals surface area contributed by atoms with E-state index in [2.05, 4.69) is 20.2 Å². The Labute approximate surface area is 103 Å². The van der Waals surface area contributed by atoms with Crippen LogP contribution in [0.1, 0.15) is 16.2 Å². The minimum absolute atomic E-state index is 0.189. The SMILES string of the molecule is COC(=O)c1ccc(N)c(NCc2ccon2)n1. The Bertz CT molecular complexity index is 539. The summed E-state index contributed by atoms with van der Waals surface area (Å²) in [4.78, 5) is 15.4. The van der Waals surface area contributed by atoms with Crippen molar-refractivity contribution in [3.8, 4) is 0 Å². The number of carbonyl (C=O) groups excluding carboxylic acids is 1. The zero-order chi connectivity index (χ0) is 13.0. The number of methoxy groups -OCH3 is 1. The molecule has 0 fully saturated rings. The van der Waals surface area contributed by atoms with Crippen molar-refractivity contribution in [2.75, 3.05) is 18.2 Å². The molecule has 0 aliphatic carbocycles. The number of nitrogens with two attached hydrogens (primary N) is 1. The molecule has 0 aliphatic rings. The number of hydrogen-bond donors (Lipinski definition) is 2. The van der Waals surface area contributed by atoms with Crippen molar-refractivity contribution in [2.24, 2.45) is 0 Å². The summed E-state index contributed by atoms with van der Waals surface area (Å²) in [6.07, 6.45) is 1.47. The van der Waals surface area contributed by atoms with E-state index in [4.69, 9.17) is 10.3 Å². The quantitative estimate of drug-likeness (QED) is 0.779. The average Bonchev–Trinajstić information content (AvgIpc) is 2.90. The van der Waals surface area contributed by atoms with E-state index in [0.717, 1.165) is 0 Å². The Hall–Kier alpha value is -2.57. The van der Waals surface area contributed by atoms with Gasteiger partial charge in [0.1, 0.15) is 12.0 Å². The number of aromatic nitrogens is 2. The van der Waals surface area contributed by atoms with Gasteiger partial charge in [-0.05, 0) is 12.1 Å². The predicted octanol–water partition coefficient (Wildman–Crippen LogP) is 1.05. The Balaban J connectivity index is 2.13. The summed E-state index contributed by atoms with van der Waals surface area (Å²) in [5.74, 6) is -0.111. The second kappa shape index (κ2) is 5.17. The fourth-order valence-electron chi connectivity index (χ4n) is 1.33. The van der Waals surface area contributed by atoms with E-state index in [0.29, 0.717) is 23.7 Å². The van der Waals surface area contributed by atoms with Gasteiger partial charge in [-0.1, -0.05) is 5.16 Å². The van der Waals surface area contributed by atoms with Crippen molar-refractivity contribution in [3.63, 3.8) is 0 Å². The smallest absolute Gasteiger partial charge is 0.356 e. The van der Waals surface area contributed by atoms with Crippen LogP contribution in [0.4, 0.5) is 11.5 Å². The van der Waals surface area contributed by atoms with Crippen LogP contribution in [0.5, 0.6) is 0 Å². The first-order chi connectivity index (χ1) is 8.70. The van der Waals surface area contributed by atoms with E-state index in [1.807, 2.05) is 0 Å². The lowest BCUT2D eigenvalue weighted by atomic mass is 10.3. The van der Waals surface area contributed by atoms with Crippen LogP contribution in [-0.4, -0.2) is 23.2 Å². The van der Waals surface area contributed by atoms with Crippen LogP contribution in [0.15, 0.2) is 29.0 Å². The van der Waals surface area contributed by atoms with Crippen molar-refractivity contribution in [1.82, 2.24) is 10.1 Å². The normalized spacial score (nSPS) is 10.1. The van der Waals surface area contributed by atoms with Crippen LogP contribution in [0.25, 0.3) is 0 Å². The fourth-order valence-corrected chi connectivity index (χ4v) is 1.33. The van der Waals surface area contributed by atoms with Crippen LogP contribution < -0.4 is 11.1 Å². The molecule has 0 bridgehead atoms. The first-order valence-electron chi connectivity index (χ1n) is 5.18. The Morgan fingerprint density at radius 1 is 1.50 bits per heavy atom. The number of nitrogens with zero attached hydrogens (tertiary/aromatic N) is 2. The molecule has 94 valence electrons. The zero-order valence-corrected chi connectivity index (χ0v) is 9.71. The minimum atomic E-state index is -0.514. The molecule has 0 aromatic carbocycles. The number of nitrogens with one attached hydrogen (secondary N) is 1. The van der Waals surface area contributed by atoms with E-state index in [1.54, 1.807) is 12.1 Å². The lowest BCUT2D eigenvalue weighted by Crippen LogP contribution is -2.10. The Morgan fingerprint density at radius 3 is 3.00 bits per heavy atom. The molecular weight excluding hydrogens is 236 g/mol. The molecule has 0 aliphatic heterocycles. The van der Waals surface area contributed by atoms with E-state index in [-0.39, 0.29) is 5.69 Å². The largest absolute Gasteiger partial charge is 0.464 e. The predicted molar refractivity (Wildman–Crippen MR) is 63.8 cm³/mol. The van der Waals surface area contributed by atoms with E-state index >= 15 is 0 Å². The van der Waals surface area contributed by atoms with Gasteiger partial charge in [0.2, 0.25) is 0 Å². The molecule has 3 N–H and O–H groups in total. The van der Waals surface area contributed by atoms with Gasteiger partial charge < -0.3 is 20.3 Å². The summed E-state index contributed by atoms with van der Waals surface area (Å²) in [7, 11) is 1.29. The number of carbonyl (C=O) groups is 1. The molecule has 7 heteroatoms. The summed E-state index contributed by atoms with van der Waals surface area (Å²) >= 11 is 0. The number of nitrogen functional groups attached to an aromatic ring is 1. The standard InChI is InChI=1S/C11H12N4O3/c1-17-11(16)9-3-2-8(12)10(14-9)13-6-7-4-5-18-15-7/h2-5H,6,12H2,1H3,(H,13,14). The molecule has 7 nitrogen and oxygen atoms in total. The number of esters is 1. The van der Waals surface area contributed by atoms with Gasteiger partial charge in [-0.15, -0.1) is 0 Å². The van der Waals surface area contributed by atoms with Crippen LogP contribution in [0.3, 0.4) is 0 Å². The number of ether oxygens (including phenoxy) is 1. The van der Waals surface area contributed by atoms with E-state index in [9.17, 15) is 4.79 Å². The van der Waals surface area contributed by atoms with E-state index < -0.39 is 5.97 Å². The monoisotopic (exact) mass is 248 g/mol. The molecule has 2 aromatic rings. The number of anilines is 2. The lowest BCUT2D eigenvalue weighted by Gasteiger charge is -2.08. The lowest BCUT2D eigenvalue weighted by molar-refractivity contribution is 0.0594. The van der Waals surface area contributed by atoms with Crippen LogP contribution in [-0.2, 0) is 11.3 Å². The van der Waals surface area contributed by atoms with Crippen molar-refractivity contribution >= 4 is 17.5 Å². The highest BCUT2D eigenvalue weighted by molar-refractivity contribution is 5.88. The molecule has 0 unspecified atom stereocenters. The van der Waals surface area contributed by atoms with Gasteiger partial charge in [0.25, 0.3) is 0 Å². The van der Waals surface area contributed by atoms with Gasteiger partial charge in [-0.3, -0.25) is 0 Å². The maximum absolute atomic E-state index is 11.3. The summed E-state index contributed by atoms with van der Waals surface area (Å²) in [5, 5.41) is 6.71. The third kappa shape index (κ3) is 2.57. The maximum atomic E-state index is 11.3. The highest BCUT2D eigenvalue weighted by Crippen LogP contribution is 2.16. The van der Waals surface area contributed by atoms with Gasteiger partial charge in [0.05, 0.1) is 19.3 Å². The van der Waals surface area contributed by atoms with Gasteiger partial charge in [0, 0.05) is 6.07 Å². The Morgan fingerprint density at radius 2 is 2.33 bits per heavy atom. The number of pyridine rings is 1. The third-order valence-corrected chi connectivity index (χ3v) is 2.25. The van der Waals surface area contributed by atoms with Gasteiger partial charge in [0.15, 0.2) is 11.5 Å². The van der Waals surface area contributed by atoms with Gasteiger partial charge >= 0.3 is 5.97 Å². The third-order valence-electron chi connectivity index (χ3n) is 2.25. The highest BCUT2D eigenvalue weighted by Gasteiger charge is 2.10. The van der Waals surface area contributed by atoms with Gasteiger partial charge in [-0.2, -0.15) is 0 Å². The summed E-state index contributed by atoms with van der Waals surface area (Å²) in [6, 6.07) is 4.81. The minimum Gasteiger partial charge on any atom is -0.464 e. The molecule has 18 heavy (non-hydrogen) atoms. The molecule has 2 heterocycles. The van der Waals surface area contributed by atoms with Crippen LogP contribution in [0.2, 0.25) is 0 Å². The second-order valence-electron chi connectivity index (χ2n) is 3.47. The molecule has 0 atom stereocenters. The van der Waals surface area contributed by atoms with Crippen molar-refractivity contribution in [3.05, 3.63) is 35.9 Å². The van der Waals surface area contributed by atoms with Crippen molar-refractivity contribution in [2.45, 2.75) is 6.54 Å². The zero-order valence-electron chi connectivity index (χ0n) is 9.71. The molecule has 0 spiro atoms. The Kier molecular flexibility index (Phi) is 3.42. The van der Waals surface area contributed by atoms with Crippen molar-refractivity contribution in [1.29, 1.82) is 0 Å². The first kappa shape index (κ1) is 11.9. The second-order valence-corrected chi connectivity index (χ2v) is 3.47. The molecular formula is C11H12N4O3. The van der Waals surface area contributed by atoms with Gasteiger partial charge in [-0.25, -0.2) is 9.78 Å². The summed E-state index contributed by atoms with van der Waals surface area (Å²) in [6.45, 7) is 0.401. The first-order valence-corrected chi connectivity index (χ1v) is 5.18. The maximum Gasteiger partial charge on any atom is 0.356 e. The summed E-state index contributed by atoms with van der Waals surface area (Å²) < 4.78 is 9.28. The van der Waals surface area contributed by atoms with Crippen molar-refractivity contribution < 1.29 is 14.1 Å².